The number of benzene rings is 1. The number of rotatable bonds is 2. The lowest BCUT2D eigenvalue weighted by molar-refractivity contribution is 0.104. The normalized spacial score (nSPS) is 10.6. The third-order valence-electron chi connectivity index (χ3n) is 2.38. The first-order chi connectivity index (χ1) is 8.00. The van der Waals surface area contributed by atoms with Gasteiger partial charge in [-0.15, -0.1) is 11.3 Å². The van der Waals surface area contributed by atoms with Crippen LogP contribution in [0.2, 0.25) is 4.34 Å². The zero-order valence-electron chi connectivity index (χ0n) is 8.76. The molecule has 0 N–H and O–H groups in total. The molecule has 0 amide bonds. The SMILES string of the molecule is Cc1c(Br)cccc1C(=O)c1cc(Br)c(Cl)s1. The lowest BCUT2D eigenvalue weighted by atomic mass is 10.0. The maximum atomic E-state index is 12.3. The van der Waals surface area contributed by atoms with Crippen LogP contribution >= 0.6 is 54.8 Å². The first kappa shape index (κ1) is 13.3. The van der Waals surface area contributed by atoms with Crippen LogP contribution in [0.25, 0.3) is 0 Å². The fourth-order valence-corrected chi connectivity index (χ4v) is 3.47. The van der Waals surface area contributed by atoms with Crippen molar-refractivity contribution in [2.24, 2.45) is 0 Å². The number of carbonyl (C=O) groups is 1. The summed E-state index contributed by atoms with van der Waals surface area (Å²) in [7, 11) is 0. The largest absolute Gasteiger partial charge is 0.288 e. The summed E-state index contributed by atoms with van der Waals surface area (Å²) in [4.78, 5) is 12.9. The summed E-state index contributed by atoms with van der Waals surface area (Å²) in [5.41, 5.74) is 1.64. The van der Waals surface area contributed by atoms with Crippen molar-refractivity contribution < 1.29 is 4.79 Å². The third kappa shape index (κ3) is 2.65. The van der Waals surface area contributed by atoms with Crippen LogP contribution in [0.5, 0.6) is 0 Å². The average molecular weight is 395 g/mol. The lowest BCUT2D eigenvalue weighted by Crippen LogP contribution is -2.01. The van der Waals surface area contributed by atoms with Gasteiger partial charge in [-0.2, -0.15) is 0 Å². The van der Waals surface area contributed by atoms with E-state index >= 15 is 0 Å². The molecule has 0 atom stereocenters. The zero-order valence-corrected chi connectivity index (χ0v) is 13.5. The molecule has 0 saturated heterocycles. The molecule has 0 bridgehead atoms. The molecule has 1 aromatic heterocycles. The summed E-state index contributed by atoms with van der Waals surface area (Å²) in [6.07, 6.45) is 0. The molecule has 0 unspecified atom stereocenters. The monoisotopic (exact) mass is 392 g/mol. The highest BCUT2D eigenvalue weighted by atomic mass is 79.9. The second-order valence-electron chi connectivity index (χ2n) is 3.47. The molecule has 0 aliphatic rings. The van der Waals surface area contributed by atoms with Crippen LogP contribution in [0.15, 0.2) is 33.2 Å². The zero-order chi connectivity index (χ0) is 12.6. The smallest absolute Gasteiger partial charge is 0.203 e. The molecule has 0 fully saturated rings. The van der Waals surface area contributed by atoms with Crippen LogP contribution < -0.4 is 0 Å². The van der Waals surface area contributed by atoms with Crippen LogP contribution in [0.1, 0.15) is 20.8 Å². The molecule has 0 radical (unpaired) electrons. The Morgan fingerprint density at radius 2 is 2.00 bits per heavy atom. The summed E-state index contributed by atoms with van der Waals surface area (Å²) in [5, 5.41) is 0. The van der Waals surface area contributed by atoms with E-state index in [-0.39, 0.29) is 5.78 Å². The van der Waals surface area contributed by atoms with Crippen LogP contribution in [-0.2, 0) is 0 Å². The van der Waals surface area contributed by atoms with Gasteiger partial charge in [0.25, 0.3) is 0 Å². The van der Waals surface area contributed by atoms with Crippen LogP contribution in [0.4, 0.5) is 0 Å². The molecule has 0 saturated carbocycles. The van der Waals surface area contributed by atoms with Gasteiger partial charge in [-0.3, -0.25) is 4.79 Å². The van der Waals surface area contributed by atoms with Crippen molar-refractivity contribution in [3.05, 3.63) is 53.6 Å². The van der Waals surface area contributed by atoms with Crippen molar-refractivity contribution in [2.45, 2.75) is 6.92 Å². The van der Waals surface area contributed by atoms with E-state index in [1.807, 2.05) is 25.1 Å². The molecule has 0 aliphatic carbocycles. The maximum Gasteiger partial charge on any atom is 0.203 e. The van der Waals surface area contributed by atoms with E-state index < -0.39 is 0 Å². The molecule has 5 heteroatoms. The second kappa shape index (κ2) is 5.22. The van der Waals surface area contributed by atoms with E-state index in [0.717, 1.165) is 14.5 Å². The first-order valence-electron chi connectivity index (χ1n) is 4.75. The van der Waals surface area contributed by atoms with Gasteiger partial charge in [-0.1, -0.05) is 39.7 Å². The fourth-order valence-electron chi connectivity index (χ4n) is 1.44. The highest BCUT2D eigenvalue weighted by Crippen LogP contribution is 2.34. The summed E-state index contributed by atoms with van der Waals surface area (Å²) in [6.45, 7) is 1.92. The molecule has 17 heavy (non-hydrogen) atoms. The quantitative estimate of drug-likeness (QED) is 0.618. The number of thiophene rings is 1. The first-order valence-corrected chi connectivity index (χ1v) is 7.53. The van der Waals surface area contributed by atoms with Crippen molar-refractivity contribution in [2.75, 3.05) is 0 Å². The number of halogens is 3. The molecule has 0 aliphatic heterocycles. The van der Waals surface area contributed by atoms with Crippen LogP contribution in [0.3, 0.4) is 0 Å². The lowest BCUT2D eigenvalue weighted by Gasteiger charge is -2.04. The molecule has 1 nitrogen and oxygen atoms in total. The maximum absolute atomic E-state index is 12.3. The summed E-state index contributed by atoms with van der Waals surface area (Å²) in [5.74, 6) is 0.00130. The predicted octanol–water partition coefficient (Wildman–Crippen LogP) is 5.47. The van der Waals surface area contributed by atoms with Crippen molar-refractivity contribution in [3.63, 3.8) is 0 Å². The predicted molar refractivity (Wildman–Crippen MR) is 79.3 cm³/mol. The summed E-state index contributed by atoms with van der Waals surface area (Å²) < 4.78 is 2.30. The molecule has 2 aromatic rings. The van der Waals surface area contributed by atoms with E-state index in [0.29, 0.717) is 14.8 Å². The Bertz CT molecular complexity index is 573. The van der Waals surface area contributed by atoms with Crippen molar-refractivity contribution in [3.8, 4) is 0 Å². The Morgan fingerprint density at radius 3 is 2.59 bits per heavy atom. The molecule has 0 spiro atoms. The standard InChI is InChI=1S/C12H7Br2ClOS/c1-6-7(3-2-4-8(6)13)11(16)10-5-9(14)12(15)17-10/h2-5H,1H3. The highest BCUT2D eigenvalue weighted by molar-refractivity contribution is 9.10. The third-order valence-corrected chi connectivity index (χ3v) is 5.71. The van der Waals surface area contributed by atoms with Crippen molar-refractivity contribution in [1.82, 2.24) is 0 Å². The van der Waals surface area contributed by atoms with Gasteiger partial charge < -0.3 is 0 Å². The number of hydrogen-bond donors (Lipinski definition) is 0. The number of ketones is 1. The minimum Gasteiger partial charge on any atom is -0.288 e. The van der Waals surface area contributed by atoms with Gasteiger partial charge in [-0.25, -0.2) is 0 Å². The van der Waals surface area contributed by atoms with Gasteiger partial charge in [-0.05, 0) is 40.5 Å². The van der Waals surface area contributed by atoms with Crippen LogP contribution in [-0.4, -0.2) is 5.78 Å². The Kier molecular flexibility index (Phi) is 4.08. The Balaban J connectivity index is 2.47. The number of hydrogen-bond acceptors (Lipinski definition) is 2. The molecular weight excluding hydrogens is 387 g/mol. The second-order valence-corrected chi connectivity index (χ2v) is 6.84. The van der Waals surface area contributed by atoms with E-state index in [2.05, 4.69) is 31.9 Å². The summed E-state index contributed by atoms with van der Waals surface area (Å²) in [6, 6.07) is 7.36. The number of carbonyl (C=O) groups excluding carboxylic acids is 1. The van der Waals surface area contributed by atoms with Crippen molar-refractivity contribution >= 4 is 60.6 Å². The highest BCUT2D eigenvalue weighted by Gasteiger charge is 2.16. The topological polar surface area (TPSA) is 17.1 Å². The minimum absolute atomic E-state index is 0.00130. The molecule has 2 rings (SSSR count). The van der Waals surface area contributed by atoms with E-state index in [1.54, 1.807) is 6.07 Å². The summed E-state index contributed by atoms with van der Waals surface area (Å²) >= 11 is 14.0. The van der Waals surface area contributed by atoms with Gasteiger partial charge in [0.2, 0.25) is 5.78 Å². The van der Waals surface area contributed by atoms with Gasteiger partial charge >= 0.3 is 0 Å². The van der Waals surface area contributed by atoms with Gasteiger partial charge in [0.15, 0.2) is 0 Å². The minimum atomic E-state index is 0.00130. The van der Waals surface area contributed by atoms with Crippen molar-refractivity contribution in [1.29, 1.82) is 0 Å². The van der Waals surface area contributed by atoms with E-state index in [9.17, 15) is 4.79 Å². The van der Waals surface area contributed by atoms with Gasteiger partial charge in [0.05, 0.1) is 4.88 Å². The molecular formula is C12H7Br2ClOS. The van der Waals surface area contributed by atoms with Gasteiger partial charge in [0.1, 0.15) is 4.34 Å². The molecule has 88 valence electrons. The Hall–Kier alpha value is -0.160. The van der Waals surface area contributed by atoms with Crippen LogP contribution in [0, 0.1) is 6.92 Å². The van der Waals surface area contributed by atoms with E-state index in [4.69, 9.17) is 11.6 Å². The Morgan fingerprint density at radius 1 is 1.29 bits per heavy atom. The Labute approximate surface area is 125 Å². The average Bonchev–Trinajstić information content (AvgIpc) is 2.62. The van der Waals surface area contributed by atoms with E-state index in [1.165, 1.54) is 11.3 Å². The molecule has 1 heterocycles. The van der Waals surface area contributed by atoms with Gasteiger partial charge in [0, 0.05) is 14.5 Å². The molecule has 1 aromatic carbocycles. The fraction of sp³-hybridized carbons (Fsp3) is 0.0833.